The van der Waals surface area contributed by atoms with Crippen molar-refractivity contribution in [3.8, 4) is 0 Å². The molecule has 1 aromatic heterocycles. The van der Waals surface area contributed by atoms with Gasteiger partial charge in [-0.05, 0) is 18.2 Å². The number of rotatable bonds is 2. The Morgan fingerprint density at radius 3 is 2.96 bits per heavy atom. The Kier molecular flexibility index (Phi) is 3.60. The van der Waals surface area contributed by atoms with E-state index in [9.17, 15) is 14.7 Å². The Bertz CT molecular complexity index is 864. The second-order valence-electron chi connectivity index (χ2n) is 6.14. The minimum Gasteiger partial charge on any atom is -0.388 e. The molecule has 0 unspecified atom stereocenters. The zero-order valence-electron chi connectivity index (χ0n) is 13.0. The van der Waals surface area contributed by atoms with E-state index in [2.05, 4.69) is 10.3 Å². The second kappa shape index (κ2) is 5.66. The Labute approximate surface area is 137 Å². The van der Waals surface area contributed by atoms with Crippen LogP contribution in [0.2, 0.25) is 0 Å². The van der Waals surface area contributed by atoms with Crippen LogP contribution in [0.5, 0.6) is 0 Å². The van der Waals surface area contributed by atoms with Crippen LogP contribution < -0.4 is 10.9 Å². The molecular weight excluding hydrogens is 314 g/mol. The van der Waals surface area contributed by atoms with Gasteiger partial charge < -0.3 is 24.5 Å². The van der Waals surface area contributed by atoms with Gasteiger partial charge in [-0.2, -0.15) is 0 Å². The monoisotopic (exact) mass is 331 g/mol. The molecule has 2 N–H and O–H groups in total. The Hall–Kier alpha value is -2.29. The van der Waals surface area contributed by atoms with Crippen molar-refractivity contribution in [3.63, 3.8) is 0 Å². The number of carbonyl (C=O) groups is 1. The van der Waals surface area contributed by atoms with E-state index in [4.69, 9.17) is 9.47 Å². The summed E-state index contributed by atoms with van der Waals surface area (Å²) in [7, 11) is 1.63. The van der Waals surface area contributed by atoms with Crippen molar-refractivity contribution in [2.45, 2.75) is 24.4 Å². The van der Waals surface area contributed by atoms with Crippen LogP contribution >= 0.6 is 0 Å². The molecule has 126 valence electrons. The molecule has 2 aromatic rings. The summed E-state index contributed by atoms with van der Waals surface area (Å²) in [5.74, 6) is -0.293. The first kappa shape index (κ1) is 15.3. The zero-order chi connectivity index (χ0) is 16.8. The van der Waals surface area contributed by atoms with Crippen LogP contribution in [0.1, 0.15) is 10.4 Å². The molecule has 1 amide bonds. The van der Waals surface area contributed by atoms with Gasteiger partial charge in [0, 0.05) is 12.6 Å². The summed E-state index contributed by atoms with van der Waals surface area (Å²) < 4.78 is 12.4. The van der Waals surface area contributed by atoms with Crippen molar-refractivity contribution in [1.29, 1.82) is 0 Å². The highest BCUT2D eigenvalue weighted by molar-refractivity contribution is 5.97. The lowest BCUT2D eigenvalue weighted by molar-refractivity contribution is 0.0178. The highest BCUT2D eigenvalue weighted by atomic mass is 16.6. The minimum atomic E-state index is -0.655. The first-order chi connectivity index (χ1) is 11.5. The smallest absolute Gasteiger partial charge is 0.260 e. The van der Waals surface area contributed by atoms with Crippen LogP contribution in [0.25, 0.3) is 10.9 Å². The molecule has 4 rings (SSSR count). The second-order valence-corrected chi connectivity index (χ2v) is 6.14. The average Bonchev–Trinajstić information content (AvgIpc) is 3.14. The number of fused-ring (bicyclic) bond motifs is 2. The van der Waals surface area contributed by atoms with Gasteiger partial charge in [-0.25, -0.2) is 4.98 Å². The number of carbonyl (C=O) groups excluding carboxylic acids is 1. The predicted octanol–water partition coefficient (Wildman–Crippen LogP) is -0.810. The van der Waals surface area contributed by atoms with E-state index in [1.165, 1.54) is 10.9 Å². The Morgan fingerprint density at radius 1 is 1.33 bits per heavy atom. The third kappa shape index (κ3) is 2.39. The van der Waals surface area contributed by atoms with Crippen LogP contribution in [0, 0.1) is 0 Å². The lowest BCUT2D eigenvalue weighted by Gasteiger charge is -2.17. The van der Waals surface area contributed by atoms with E-state index in [1.807, 2.05) is 0 Å². The fourth-order valence-electron chi connectivity index (χ4n) is 3.21. The lowest BCUT2D eigenvalue weighted by Crippen LogP contribution is -2.44. The summed E-state index contributed by atoms with van der Waals surface area (Å²) in [5.41, 5.74) is 0.719. The Morgan fingerprint density at radius 2 is 2.12 bits per heavy atom. The number of aryl methyl sites for hydroxylation is 1. The largest absolute Gasteiger partial charge is 0.388 e. The van der Waals surface area contributed by atoms with E-state index in [1.54, 1.807) is 25.2 Å². The molecule has 0 spiro atoms. The molecule has 0 radical (unpaired) electrons. The molecule has 8 nitrogen and oxygen atoms in total. The van der Waals surface area contributed by atoms with Gasteiger partial charge in [0.2, 0.25) is 0 Å². The summed E-state index contributed by atoms with van der Waals surface area (Å²) in [4.78, 5) is 28.7. The van der Waals surface area contributed by atoms with Crippen molar-refractivity contribution in [2.75, 3.05) is 13.2 Å². The maximum absolute atomic E-state index is 12.5. The van der Waals surface area contributed by atoms with E-state index < -0.39 is 12.2 Å². The normalized spacial score (nSPS) is 28.9. The van der Waals surface area contributed by atoms with E-state index in [0.717, 1.165) is 0 Å². The van der Waals surface area contributed by atoms with Gasteiger partial charge in [0.1, 0.15) is 18.3 Å². The molecule has 2 aliphatic rings. The highest BCUT2D eigenvalue weighted by Gasteiger charge is 2.47. The molecule has 8 heteroatoms. The van der Waals surface area contributed by atoms with E-state index >= 15 is 0 Å². The van der Waals surface area contributed by atoms with Crippen molar-refractivity contribution in [3.05, 3.63) is 40.4 Å². The van der Waals surface area contributed by atoms with E-state index in [-0.39, 0.29) is 30.2 Å². The fraction of sp³-hybridized carbons (Fsp3) is 0.438. The quantitative estimate of drug-likeness (QED) is 0.746. The summed E-state index contributed by atoms with van der Waals surface area (Å²) in [5, 5.41) is 13.1. The highest BCUT2D eigenvalue weighted by Crippen LogP contribution is 2.27. The first-order valence-electron chi connectivity index (χ1n) is 7.72. The molecule has 1 aromatic carbocycles. The fourth-order valence-corrected chi connectivity index (χ4v) is 3.21. The Balaban J connectivity index is 1.56. The van der Waals surface area contributed by atoms with Crippen LogP contribution in [0.15, 0.2) is 29.3 Å². The standard InChI is InChI=1S/C16H17N3O5/c1-19-7-17-10-4-8(2-3-9(10)16(19)22)15(21)18-11-5-23-14-12(20)6-24-13(11)14/h2-4,7,11-14,20H,5-6H2,1H3,(H,18,21)/t11-,12-,13-,14-/m1/s1. The van der Waals surface area contributed by atoms with Crippen LogP contribution in [-0.4, -0.2) is 58.1 Å². The number of aromatic nitrogens is 2. The van der Waals surface area contributed by atoms with Gasteiger partial charge in [-0.1, -0.05) is 0 Å². The number of nitrogens with one attached hydrogen (secondary N) is 1. The summed E-state index contributed by atoms with van der Waals surface area (Å²) in [6.07, 6.45) is 0.0413. The molecule has 0 aliphatic carbocycles. The summed E-state index contributed by atoms with van der Waals surface area (Å²) in [6.45, 7) is 0.509. The molecule has 24 heavy (non-hydrogen) atoms. The van der Waals surface area contributed by atoms with Gasteiger partial charge in [0.15, 0.2) is 0 Å². The van der Waals surface area contributed by atoms with Crippen molar-refractivity contribution in [1.82, 2.24) is 14.9 Å². The molecule has 2 saturated heterocycles. The number of benzene rings is 1. The molecule has 4 atom stereocenters. The number of hydrogen-bond acceptors (Lipinski definition) is 6. The SMILES string of the molecule is Cn1cnc2cc(C(=O)N[C@@H]3CO[C@H]4[C@@H]3OC[C@H]4O)ccc2c1=O. The van der Waals surface area contributed by atoms with Gasteiger partial charge in [0.25, 0.3) is 11.5 Å². The predicted molar refractivity (Wildman–Crippen MR) is 83.7 cm³/mol. The van der Waals surface area contributed by atoms with Gasteiger partial charge >= 0.3 is 0 Å². The molecule has 2 aliphatic heterocycles. The summed E-state index contributed by atoms with van der Waals surface area (Å²) >= 11 is 0. The number of ether oxygens (including phenoxy) is 2. The molecule has 3 heterocycles. The maximum atomic E-state index is 12.5. The van der Waals surface area contributed by atoms with Crippen molar-refractivity contribution < 1.29 is 19.4 Å². The lowest BCUT2D eigenvalue weighted by atomic mass is 10.1. The number of aliphatic hydroxyl groups is 1. The number of hydrogen-bond donors (Lipinski definition) is 2. The van der Waals surface area contributed by atoms with Crippen molar-refractivity contribution in [2.24, 2.45) is 7.05 Å². The van der Waals surface area contributed by atoms with Crippen LogP contribution in [0.4, 0.5) is 0 Å². The third-order valence-electron chi connectivity index (χ3n) is 4.52. The zero-order valence-corrected chi connectivity index (χ0v) is 13.0. The van der Waals surface area contributed by atoms with Crippen molar-refractivity contribution >= 4 is 16.8 Å². The van der Waals surface area contributed by atoms with Gasteiger partial charge in [0.05, 0.1) is 36.5 Å². The third-order valence-corrected chi connectivity index (χ3v) is 4.52. The average molecular weight is 331 g/mol. The van der Waals surface area contributed by atoms with Gasteiger partial charge in [-0.3, -0.25) is 9.59 Å². The topological polar surface area (TPSA) is 103 Å². The summed E-state index contributed by atoms with van der Waals surface area (Å²) in [6, 6.07) is 4.47. The van der Waals surface area contributed by atoms with Gasteiger partial charge in [-0.15, -0.1) is 0 Å². The number of nitrogens with zero attached hydrogens (tertiary/aromatic N) is 2. The molecule has 0 saturated carbocycles. The molecule has 0 bridgehead atoms. The van der Waals surface area contributed by atoms with Crippen LogP contribution in [0.3, 0.4) is 0 Å². The minimum absolute atomic E-state index is 0.160. The maximum Gasteiger partial charge on any atom is 0.260 e. The number of amides is 1. The first-order valence-corrected chi connectivity index (χ1v) is 7.72. The van der Waals surface area contributed by atoms with E-state index in [0.29, 0.717) is 23.1 Å². The number of aliphatic hydroxyl groups excluding tert-OH is 1. The molecular formula is C16H17N3O5. The molecule has 2 fully saturated rings. The van der Waals surface area contributed by atoms with Crippen LogP contribution in [-0.2, 0) is 16.5 Å².